The molecule has 5 nitrogen and oxygen atoms in total. The number of carbonyl (C=O) groups is 2. The summed E-state index contributed by atoms with van der Waals surface area (Å²) >= 11 is 0. The highest BCUT2D eigenvalue weighted by molar-refractivity contribution is 5.96. The number of hydrogen-bond donors (Lipinski definition) is 1. The van der Waals surface area contributed by atoms with E-state index in [1.165, 1.54) is 0 Å². The molecule has 1 saturated heterocycles. The molecule has 2 unspecified atom stereocenters. The number of piperazine rings is 1. The molecule has 0 aromatic heterocycles. The highest BCUT2D eigenvalue weighted by Crippen LogP contribution is 2.20. The van der Waals surface area contributed by atoms with E-state index in [1.807, 2.05) is 13.8 Å². The first-order valence-electron chi connectivity index (χ1n) is 9.54. The van der Waals surface area contributed by atoms with Crippen molar-refractivity contribution in [1.82, 2.24) is 9.80 Å². The number of unbranched alkanes of at least 4 members (excludes halogenated alkanes) is 2. The molecule has 1 heterocycles. The van der Waals surface area contributed by atoms with Crippen molar-refractivity contribution >= 4 is 11.8 Å². The maximum absolute atomic E-state index is 12.7. The van der Waals surface area contributed by atoms with Gasteiger partial charge >= 0.3 is 0 Å². The number of aliphatic hydroxyl groups is 1. The predicted octanol–water partition coefficient (Wildman–Crippen LogP) is 2.81. The van der Waals surface area contributed by atoms with Crippen molar-refractivity contribution in [3.8, 4) is 0 Å². The molecular weight excluding hydrogens is 304 g/mol. The second-order valence-electron chi connectivity index (χ2n) is 7.65. The second-order valence-corrected chi connectivity index (χ2v) is 7.65. The average Bonchev–Trinajstić information content (AvgIpc) is 2.51. The fourth-order valence-corrected chi connectivity index (χ4v) is 3.29. The van der Waals surface area contributed by atoms with Gasteiger partial charge in [0.15, 0.2) is 0 Å². The number of nitrogens with zero attached hydrogens (tertiary/aromatic N) is 2. The van der Waals surface area contributed by atoms with E-state index in [0.717, 1.165) is 38.5 Å². The van der Waals surface area contributed by atoms with Crippen LogP contribution in [0.4, 0.5) is 0 Å². The summed E-state index contributed by atoms with van der Waals surface area (Å²) in [6.07, 6.45) is 5.35. The van der Waals surface area contributed by atoms with E-state index < -0.39 is 0 Å². The SMILES string of the molecule is CC(C)CCCCN1C(=O)C(C)N(CCCC[C@@H](C)O)C(=O)C1C. The van der Waals surface area contributed by atoms with Gasteiger partial charge in [0, 0.05) is 13.1 Å². The Bertz CT molecular complexity index is 371. The fourth-order valence-electron chi connectivity index (χ4n) is 3.29. The quantitative estimate of drug-likeness (QED) is 0.622. The lowest BCUT2D eigenvalue weighted by molar-refractivity contribution is -0.160. The summed E-state index contributed by atoms with van der Waals surface area (Å²) in [6.45, 7) is 11.1. The number of hydrogen-bond acceptors (Lipinski definition) is 3. The molecular formula is C19H36N2O3. The summed E-state index contributed by atoms with van der Waals surface area (Å²) in [7, 11) is 0. The molecule has 0 radical (unpaired) electrons. The number of amides is 2. The standard InChI is InChI=1S/C19H36N2O3/c1-14(2)10-6-8-12-20-16(4)19(24)21(17(5)18(20)23)13-9-7-11-15(3)22/h14-17,22H,6-13H2,1-5H3/t15-,16?,17?/m1/s1. The zero-order chi connectivity index (χ0) is 18.3. The number of carbonyl (C=O) groups excluding carboxylic acids is 2. The van der Waals surface area contributed by atoms with Gasteiger partial charge in [0.2, 0.25) is 11.8 Å². The Kier molecular flexibility index (Phi) is 8.74. The summed E-state index contributed by atoms with van der Waals surface area (Å²) in [5.41, 5.74) is 0. The molecule has 0 aromatic carbocycles. The number of aliphatic hydroxyl groups excluding tert-OH is 1. The van der Waals surface area contributed by atoms with E-state index in [1.54, 1.807) is 16.7 Å². The molecule has 1 aliphatic rings. The fraction of sp³-hybridized carbons (Fsp3) is 0.895. The molecule has 2 amide bonds. The van der Waals surface area contributed by atoms with Gasteiger partial charge in [0.05, 0.1) is 6.10 Å². The maximum atomic E-state index is 12.7. The van der Waals surface area contributed by atoms with Crippen LogP contribution in [0.15, 0.2) is 0 Å². The molecule has 3 atom stereocenters. The zero-order valence-electron chi connectivity index (χ0n) is 16.1. The summed E-state index contributed by atoms with van der Waals surface area (Å²) in [4.78, 5) is 28.8. The van der Waals surface area contributed by atoms with Gasteiger partial charge in [0.1, 0.15) is 12.1 Å². The minimum Gasteiger partial charge on any atom is -0.393 e. The van der Waals surface area contributed by atoms with Crippen molar-refractivity contribution in [1.29, 1.82) is 0 Å². The number of rotatable bonds is 10. The van der Waals surface area contributed by atoms with Crippen LogP contribution in [0.5, 0.6) is 0 Å². The van der Waals surface area contributed by atoms with E-state index in [2.05, 4.69) is 13.8 Å². The van der Waals surface area contributed by atoms with Gasteiger partial charge in [-0.15, -0.1) is 0 Å². The van der Waals surface area contributed by atoms with Gasteiger partial charge in [-0.05, 0) is 52.4 Å². The largest absolute Gasteiger partial charge is 0.393 e. The van der Waals surface area contributed by atoms with Gasteiger partial charge in [-0.25, -0.2) is 0 Å². The van der Waals surface area contributed by atoms with Gasteiger partial charge < -0.3 is 14.9 Å². The predicted molar refractivity (Wildman–Crippen MR) is 96.6 cm³/mol. The van der Waals surface area contributed by atoms with E-state index in [4.69, 9.17) is 0 Å². The molecule has 0 aliphatic carbocycles. The van der Waals surface area contributed by atoms with Crippen LogP contribution in [0, 0.1) is 5.92 Å². The minimum atomic E-state index is -0.370. The van der Waals surface area contributed by atoms with Crippen molar-refractivity contribution in [3.63, 3.8) is 0 Å². The van der Waals surface area contributed by atoms with Crippen LogP contribution in [0.2, 0.25) is 0 Å². The molecule has 1 rings (SSSR count). The first-order valence-corrected chi connectivity index (χ1v) is 9.54. The van der Waals surface area contributed by atoms with Crippen LogP contribution in [-0.4, -0.2) is 58.0 Å². The molecule has 140 valence electrons. The third kappa shape index (κ3) is 6.08. The Labute approximate surface area is 147 Å². The summed E-state index contributed by atoms with van der Waals surface area (Å²) in [5.74, 6) is 0.808. The summed E-state index contributed by atoms with van der Waals surface area (Å²) in [6, 6.07) is -0.727. The Morgan fingerprint density at radius 3 is 1.62 bits per heavy atom. The van der Waals surface area contributed by atoms with Crippen molar-refractivity contribution in [2.75, 3.05) is 13.1 Å². The molecule has 0 bridgehead atoms. The third-order valence-electron chi connectivity index (χ3n) is 4.92. The molecule has 1 aliphatic heterocycles. The molecule has 1 fully saturated rings. The molecule has 0 aromatic rings. The first-order chi connectivity index (χ1) is 11.3. The second kappa shape index (κ2) is 10.0. The smallest absolute Gasteiger partial charge is 0.245 e. The van der Waals surface area contributed by atoms with Crippen molar-refractivity contribution < 1.29 is 14.7 Å². The topological polar surface area (TPSA) is 60.9 Å². The molecule has 5 heteroatoms. The van der Waals surface area contributed by atoms with Crippen LogP contribution in [-0.2, 0) is 9.59 Å². The lowest BCUT2D eigenvalue weighted by Gasteiger charge is -2.43. The Hall–Kier alpha value is -1.10. The van der Waals surface area contributed by atoms with E-state index >= 15 is 0 Å². The Morgan fingerprint density at radius 2 is 1.25 bits per heavy atom. The molecule has 0 spiro atoms. The maximum Gasteiger partial charge on any atom is 0.245 e. The minimum absolute atomic E-state index is 0.0583. The lowest BCUT2D eigenvalue weighted by atomic mass is 10.0. The molecule has 1 N–H and O–H groups in total. The monoisotopic (exact) mass is 340 g/mol. The first kappa shape index (κ1) is 20.9. The lowest BCUT2D eigenvalue weighted by Crippen LogP contribution is -2.63. The van der Waals surface area contributed by atoms with Crippen molar-refractivity contribution in [2.45, 2.75) is 91.3 Å². The Balaban J connectivity index is 2.52. The molecule has 0 saturated carbocycles. The van der Waals surface area contributed by atoms with E-state index in [0.29, 0.717) is 19.0 Å². The third-order valence-corrected chi connectivity index (χ3v) is 4.92. The highest BCUT2D eigenvalue weighted by atomic mass is 16.3. The van der Waals surface area contributed by atoms with Gasteiger partial charge in [0.25, 0.3) is 0 Å². The van der Waals surface area contributed by atoms with Crippen LogP contribution in [0.3, 0.4) is 0 Å². The zero-order valence-corrected chi connectivity index (χ0v) is 16.1. The van der Waals surface area contributed by atoms with Gasteiger partial charge in [-0.2, -0.15) is 0 Å². The van der Waals surface area contributed by atoms with Crippen LogP contribution >= 0.6 is 0 Å². The average molecular weight is 341 g/mol. The Morgan fingerprint density at radius 1 is 0.833 bits per heavy atom. The normalized spacial score (nSPS) is 23.3. The highest BCUT2D eigenvalue weighted by Gasteiger charge is 2.40. The van der Waals surface area contributed by atoms with Crippen LogP contribution in [0.1, 0.15) is 73.1 Å². The van der Waals surface area contributed by atoms with E-state index in [9.17, 15) is 14.7 Å². The van der Waals surface area contributed by atoms with Gasteiger partial charge in [-0.3, -0.25) is 9.59 Å². The van der Waals surface area contributed by atoms with Crippen LogP contribution < -0.4 is 0 Å². The van der Waals surface area contributed by atoms with Gasteiger partial charge in [-0.1, -0.05) is 26.7 Å². The van der Waals surface area contributed by atoms with Crippen molar-refractivity contribution in [3.05, 3.63) is 0 Å². The van der Waals surface area contributed by atoms with Crippen molar-refractivity contribution in [2.24, 2.45) is 5.92 Å². The van der Waals surface area contributed by atoms with Crippen LogP contribution in [0.25, 0.3) is 0 Å². The summed E-state index contributed by atoms with van der Waals surface area (Å²) in [5, 5.41) is 9.31. The van der Waals surface area contributed by atoms with E-state index in [-0.39, 0.29) is 30.0 Å². The molecule has 24 heavy (non-hydrogen) atoms. The summed E-state index contributed by atoms with van der Waals surface area (Å²) < 4.78 is 0.